The normalized spacial score (nSPS) is 10.6. The van der Waals surface area contributed by atoms with Gasteiger partial charge in [-0.15, -0.1) is 0 Å². The molecule has 2 aromatic carbocycles. The zero-order chi connectivity index (χ0) is 18.9. The Bertz CT molecular complexity index is 721. The van der Waals surface area contributed by atoms with Crippen molar-refractivity contribution in [3.8, 4) is 5.75 Å². The number of nitrogens with zero attached hydrogens (tertiary/aromatic N) is 1. The molecular formula is C19H20F2N2O3. The van der Waals surface area contributed by atoms with Crippen LogP contribution < -0.4 is 10.5 Å². The van der Waals surface area contributed by atoms with Crippen LogP contribution in [0.2, 0.25) is 0 Å². The van der Waals surface area contributed by atoms with Crippen LogP contribution in [-0.4, -0.2) is 29.9 Å². The number of primary amides is 1. The van der Waals surface area contributed by atoms with Gasteiger partial charge in [-0.1, -0.05) is 42.5 Å². The first-order chi connectivity index (χ1) is 12.4. The number of carbonyl (C=O) groups is 2. The van der Waals surface area contributed by atoms with Crippen molar-refractivity contribution >= 4 is 11.8 Å². The number of benzene rings is 2. The molecule has 0 saturated heterocycles. The van der Waals surface area contributed by atoms with Gasteiger partial charge in [-0.25, -0.2) is 0 Å². The molecule has 0 aliphatic carbocycles. The van der Waals surface area contributed by atoms with Gasteiger partial charge in [0, 0.05) is 19.5 Å². The fourth-order valence-electron chi connectivity index (χ4n) is 2.42. The second-order valence-electron chi connectivity index (χ2n) is 5.72. The molecule has 0 atom stereocenters. The monoisotopic (exact) mass is 362 g/mol. The molecule has 0 fully saturated rings. The molecule has 5 nitrogen and oxygen atoms in total. The van der Waals surface area contributed by atoms with E-state index in [-0.39, 0.29) is 31.0 Å². The summed E-state index contributed by atoms with van der Waals surface area (Å²) in [6.07, 6.45) is 0.153. The number of nitrogens with two attached hydrogens (primary N) is 1. The minimum Gasteiger partial charge on any atom is -0.435 e. The van der Waals surface area contributed by atoms with E-state index >= 15 is 0 Å². The highest BCUT2D eigenvalue weighted by molar-refractivity contribution is 5.80. The zero-order valence-corrected chi connectivity index (χ0v) is 14.1. The minimum atomic E-state index is -2.89. The molecule has 0 spiro atoms. The summed E-state index contributed by atoms with van der Waals surface area (Å²) in [5.41, 5.74) is 6.79. The molecule has 2 N–H and O–H groups in total. The number of halogens is 2. The molecule has 0 heterocycles. The standard InChI is InChI=1S/C19H20F2N2O3/c20-19(21)26-16-8-6-14(7-9-16)12-18(25)23(11-10-17(22)24)13-15-4-2-1-3-5-15/h1-9,19H,10-13H2,(H2,22,24). The predicted molar refractivity (Wildman–Crippen MR) is 92.4 cm³/mol. The molecule has 2 amide bonds. The Morgan fingerprint density at radius 1 is 1.00 bits per heavy atom. The molecule has 2 rings (SSSR count). The molecule has 138 valence electrons. The molecule has 26 heavy (non-hydrogen) atoms. The fraction of sp³-hybridized carbons (Fsp3) is 0.263. The SMILES string of the molecule is NC(=O)CCN(Cc1ccccc1)C(=O)Cc1ccc(OC(F)F)cc1. The second-order valence-corrected chi connectivity index (χ2v) is 5.72. The number of alkyl halides is 2. The minimum absolute atomic E-state index is 0.0334. The highest BCUT2D eigenvalue weighted by Crippen LogP contribution is 2.16. The van der Waals surface area contributed by atoms with Gasteiger partial charge in [-0.3, -0.25) is 9.59 Å². The van der Waals surface area contributed by atoms with Crippen LogP contribution in [0, 0.1) is 0 Å². The lowest BCUT2D eigenvalue weighted by Gasteiger charge is -2.22. The maximum atomic E-state index is 12.6. The lowest BCUT2D eigenvalue weighted by molar-refractivity contribution is -0.131. The van der Waals surface area contributed by atoms with Gasteiger partial charge < -0.3 is 15.4 Å². The topological polar surface area (TPSA) is 72.6 Å². The van der Waals surface area contributed by atoms with Crippen LogP contribution in [-0.2, 0) is 22.6 Å². The second kappa shape index (κ2) is 9.50. The van der Waals surface area contributed by atoms with E-state index in [2.05, 4.69) is 4.74 Å². The van der Waals surface area contributed by atoms with Crippen LogP contribution in [0.4, 0.5) is 8.78 Å². The summed E-state index contributed by atoms with van der Waals surface area (Å²) in [6.45, 7) is -2.31. The van der Waals surface area contributed by atoms with E-state index < -0.39 is 12.5 Å². The largest absolute Gasteiger partial charge is 0.435 e. The van der Waals surface area contributed by atoms with Crippen molar-refractivity contribution < 1.29 is 23.1 Å². The van der Waals surface area contributed by atoms with Gasteiger partial charge in [0.25, 0.3) is 0 Å². The van der Waals surface area contributed by atoms with Crippen molar-refractivity contribution in [3.63, 3.8) is 0 Å². The van der Waals surface area contributed by atoms with Crippen LogP contribution in [0.25, 0.3) is 0 Å². The number of ether oxygens (including phenoxy) is 1. The van der Waals surface area contributed by atoms with Crippen LogP contribution >= 0.6 is 0 Å². The Kier molecular flexibility index (Phi) is 7.08. The first-order valence-electron chi connectivity index (χ1n) is 8.08. The lowest BCUT2D eigenvalue weighted by Crippen LogP contribution is -2.34. The molecule has 0 unspecified atom stereocenters. The quantitative estimate of drug-likeness (QED) is 0.745. The average Bonchev–Trinajstić information content (AvgIpc) is 2.60. The average molecular weight is 362 g/mol. The van der Waals surface area contributed by atoms with Crippen molar-refractivity contribution in [1.29, 1.82) is 0 Å². The maximum Gasteiger partial charge on any atom is 0.387 e. The van der Waals surface area contributed by atoms with Gasteiger partial charge in [0.15, 0.2) is 0 Å². The smallest absolute Gasteiger partial charge is 0.387 e. The number of rotatable bonds is 9. The van der Waals surface area contributed by atoms with Crippen LogP contribution in [0.3, 0.4) is 0 Å². The van der Waals surface area contributed by atoms with E-state index in [4.69, 9.17) is 5.73 Å². The molecule has 0 radical (unpaired) electrons. The summed E-state index contributed by atoms with van der Waals surface area (Å²) in [5.74, 6) is -0.631. The zero-order valence-electron chi connectivity index (χ0n) is 14.1. The first-order valence-corrected chi connectivity index (χ1v) is 8.08. The molecule has 0 aliphatic rings. The molecule has 0 bridgehead atoms. The van der Waals surface area contributed by atoms with Crippen molar-refractivity contribution in [2.75, 3.05) is 6.54 Å². The fourth-order valence-corrected chi connectivity index (χ4v) is 2.42. The summed E-state index contributed by atoms with van der Waals surface area (Å²) in [7, 11) is 0. The number of hydrogen-bond acceptors (Lipinski definition) is 3. The summed E-state index contributed by atoms with van der Waals surface area (Å²) in [5, 5.41) is 0. The maximum absolute atomic E-state index is 12.6. The van der Waals surface area contributed by atoms with Crippen molar-refractivity contribution in [1.82, 2.24) is 4.90 Å². The summed E-state index contributed by atoms with van der Waals surface area (Å²) >= 11 is 0. The van der Waals surface area contributed by atoms with Gasteiger partial charge >= 0.3 is 6.61 Å². The van der Waals surface area contributed by atoms with Gasteiger partial charge in [-0.05, 0) is 23.3 Å². The summed E-state index contributed by atoms with van der Waals surface area (Å²) < 4.78 is 28.6. The summed E-state index contributed by atoms with van der Waals surface area (Å²) in [6, 6.07) is 15.3. The number of hydrogen-bond donors (Lipinski definition) is 1. The highest BCUT2D eigenvalue weighted by atomic mass is 19.3. The van der Waals surface area contributed by atoms with Crippen molar-refractivity contribution in [3.05, 3.63) is 65.7 Å². The Labute approximate surface area is 150 Å². The third-order valence-corrected chi connectivity index (χ3v) is 3.70. The van der Waals surface area contributed by atoms with Gasteiger partial charge in [0.05, 0.1) is 6.42 Å². The van der Waals surface area contributed by atoms with Gasteiger partial charge in [-0.2, -0.15) is 8.78 Å². The van der Waals surface area contributed by atoms with E-state index in [0.29, 0.717) is 12.1 Å². The number of amides is 2. The Morgan fingerprint density at radius 2 is 1.65 bits per heavy atom. The molecular weight excluding hydrogens is 342 g/mol. The number of carbonyl (C=O) groups excluding carboxylic acids is 2. The van der Waals surface area contributed by atoms with Crippen LogP contribution in [0.5, 0.6) is 5.75 Å². The Morgan fingerprint density at radius 3 is 2.23 bits per heavy atom. The van der Waals surface area contributed by atoms with Crippen molar-refractivity contribution in [2.24, 2.45) is 5.73 Å². The van der Waals surface area contributed by atoms with E-state index in [9.17, 15) is 18.4 Å². The molecule has 0 aliphatic heterocycles. The highest BCUT2D eigenvalue weighted by Gasteiger charge is 2.16. The lowest BCUT2D eigenvalue weighted by atomic mass is 10.1. The summed E-state index contributed by atoms with van der Waals surface area (Å²) in [4.78, 5) is 25.2. The Balaban J connectivity index is 2.03. The van der Waals surface area contributed by atoms with E-state index in [1.807, 2.05) is 30.3 Å². The van der Waals surface area contributed by atoms with Crippen LogP contribution in [0.1, 0.15) is 17.5 Å². The van der Waals surface area contributed by atoms with Crippen LogP contribution in [0.15, 0.2) is 54.6 Å². The van der Waals surface area contributed by atoms with Gasteiger partial charge in [0.1, 0.15) is 5.75 Å². The Hall–Kier alpha value is -2.96. The van der Waals surface area contributed by atoms with Gasteiger partial charge in [0.2, 0.25) is 11.8 Å². The third-order valence-electron chi connectivity index (χ3n) is 3.70. The molecule has 0 aromatic heterocycles. The predicted octanol–water partition coefficient (Wildman–Crippen LogP) is 2.73. The van der Waals surface area contributed by atoms with E-state index in [1.165, 1.54) is 12.1 Å². The molecule has 7 heteroatoms. The van der Waals surface area contributed by atoms with Crippen molar-refractivity contribution in [2.45, 2.75) is 26.0 Å². The third kappa shape index (κ3) is 6.51. The van der Waals surface area contributed by atoms with E-state index in [0.717, 1.165) is 5.56 Å². The molecule has 2 aromatic rings. The molecule has 0 saturated carbocycles. The first kappa shape index (κ1) is 19.4. The van der Waals surface area contributed by atoms with E-state index in [1.54, 1.807) is 17.0 Å².